The summed E-state index contributed by atoms with van der Waals surface area (Å²) in [7, 11) is 3.33. The van der Waals surface area contributed by atoms with E-state index in [0.29, 0.717) is 0 Å². The smallest absolute Gasteiger partial charge is 0.00152 e. The SMILES string of the molecule is CCCCN(C)CCPC. The highest BCUT2D eigenvalue weighted by atomic mass is 31.1. The minimum atomic E-state index is 1.11. The lowest BCUT2D eigenvalue weighted by Crippen LogP contribution is -2.21. The molecule has 0 fully saturated rings. The fourth-order valence-electron chi connectivity index (χ4n) is 0.842. The van der Waals surface area contributed by atoms with E-state index in [1.54, 1.807) is 0 Å². The van der Waals surface area contributed by atoms with Crippen LogP contribution in [-0.4, -0.2) is 37.9 Å². The topological polar surface area (TPSA) is 3.24 Å². The quantitative estimate of drug-likeness (QED) is 0.539. The van der Waals surface area contributed by atoms with E-state index in [1.165, 1.54) is 32.1 Å². The predicted octanol–water partition coefficient (Wildman–Crippen LogP) is 2.03. The summed E-state index contributed by atoms with van der Waals surface area (Å²) in [4.78, 5) is 2.43. The lowest BCUT2D eigenvalue weighted by atomic mass is 10.3. The number of nitrogens with zero attached hydrogens (tertiary/aromatic N) is 1. The van der Waals surface area contributed by atoms with Gasteiger partial charge < -0.3 is 4.90 Å². The van der Waals surface area contributed by atoms with Gasteiger partial charge in [0, 0.05) is 6.54 Å². The molecule has 0 heterocycles. The summed E-state index contributed by atoms with van der Waals surface area (Å²) in [6, 6.07) is 0. The molecule has 1 nitrogen and oxygen atoms in total. The molecule has 0 amide bonds. The van der Waals surface area contributed by atoms with Crippen LogP contribution in [0.25, 0.3) is 0 Å². The predicted molar refractivity (Wildman–Crippen MR) is 51.5 cm³/mol. The van der Waals surface area contributed by atoms with Crippen LogP contribution >= 0.6 is 8.58 Å². The minimum Gasteiger partial charge on any atom is -0.306 e. The Labute approximate surface area is 67.0 Å². The molecule has 0 aromatic rings. The van der Waals surface area contributed by atoms with Crippen LogP contribution in [0.4, 0.5) is 0 Å². The summed E-state index contributed by atoms with van der Waals surface area (Å²) in [5, 5.41) is 0. The van der Waals surface area contributed by atoms with Gasteiger partial charge in [0.15, 0.2) is 0 Å². The van der Waals surface area contributed by atoms with E-state index >= 15 is 0 Å². The van der Waals surface area contributed by atoms with Crippen molar-refractivity contribution in [2.45, 2.75) is 19.8 Å². The summed E-state index contributed by atoms with van der Waals surface area (Å²) >= 11 is 0. The van der Waals surface area contributed by atoms with Crippen molar-refractivity contribution in [3.8, 4) is 0 Å². The molecule has 0 aliphatic carbocycles. The molecule has 2 heteroatoms. The first kappa shape index (κ1) is 10.4. The second kappa shape index (κ2) is 7.50. The zero-order chi connectivity index (χ0) is 7.82. The van der Waals surface area contributed by atoms with Crippen molar-refractivity contribution in [3.63, 3.8) is 0 Å². The summed E-state index contributed by atoms with van der Waals surface area (Å²) in [5.74, 6) is 0. The van der Waals surface area contributed by atoms with Crippen LogP contribution in [0.2, 0.25) is 0 Å². The summed E-state index contributed by atoms with van der Waals surface area (Å²) in [6.45, 7) is 7.08. The fourth-order valence-corrected chi connectivity index (χ4v) is 1.45. The largest absolute Gasteiger partial charge is 0.306 e. The van der Waals surface area contributed by atoms with Gasteiger partial charge >= 0.3 is 0 Å². The van der Waals surface area contributed by atoms with E-state index in [4.69, 9.17) is 0 Å². The number of rotatable bonds is 6. The average molecular weight is 161 g/mol. The van der Waals surface area contributed by atoms with Gasteiger partial charge in [0.05, 0.1) is 0 Å². The first-order valence-electron chi connectivity index (χ1n) is 4.14. The molecule has 0 radical (unpaired) electrons. The average Bonchev–Trinajstić information content (AvgIpc) is 1.97. The lowest BCUT2D eigenvalue weighted by Gasteiger charge is -2.14. The number of hydrogen-bond donors (Lipinski definition) is 0. The standard InChI is InChI=1S/C8H20NP/c1-4-5-6-9(2)7-8-10-3/h10H,4-8H2,1-3H3. The van der Waals surface area contributed by atoms with Crippen molar-refractivity contribution in [2.75, 3.05) is 33.0 Å². The Morgan fingerprint density at radius 2 is 2.00 bits per heavy atom. The minimum absolute atomic E-state index is 1.11. The Bertz CT molecular complexity index is 58.3. The fraction of sp³-hybridized carbons (Fsp3) is 1.00. The van der Waals surface area contributed by atoms with Crippen molar-refractivity contribution >= 4 is 8.58 Å². The third kappa shape index (κ3) is 6.51. The van der Waals surface area contributed by atoms with E-state index in [-0.39, 0.29) is 0 Å². The van der Waals surface area contributed by atoms with E-state index in [1.807, 2.05) is 0 Å². The summed E-state index contributed by atoms with van der Waals surface area (Å²) < 4.78 is 0. The van der Waals surface area contributed by atoms with Gasteiger partial charge in [-0.15, -0.1) is 8.58 Å². The van der Waals surface area contributed by atoms with Crippen molar-refractivity contribution in [1.82, 2.24) is 4.90 Å². The summed E-state index contributed by atoms with van der Waals surface area (Å²) in [6.07, 6.45) is 4.04. The normalized spacial score (nSPS) is 12.0. The van der Waals surface area contributed by atoms with Crippen LogP contribution in [0.15, 0.2) is 0 Å². The van der Waals surface area contributed by atoms with Gasteiger partial charge in [0.25, 0.3) is 0 Å². The Balaban J connectivity index is 3.00. The molecule has 0 saturated carbocycles. The molecule has 0 rings (SSSR count). The monoisotopic (exact) mass is 161 g/mol. The maximum atomic E-state index is 2.43. The third-order valence-electron chi connectivity index (χ3n) is 1.64. The molecular formula is C8H20NP. The van der Waals surface area contributed by atoms with Gasteiger partial charge in [0.1, 0.15) is 0 Å². The Morgan fingerprint density at radius 3 is 2.50 bits per heavy atom. The van der Waals surface area contributed by atoms with Crippen molar-refractivity contribution in [1.29, 1.82) is 0 Å². The van der Waals surface area contributed by atoms with Gasteiger partial charge in [-0.05, 0) is 32.8 Å². The van der Waals surface area contributed by atoms with Crippen LogP contribution in [0.1, 0.15) is 19.8 Å². The molecule has 0 saturated heterocycles. The first-order valence-corrected chi connectivity index (χ1v) is 5.85. The second-order valence-corrected chi connectivity index (χ2v) is 3.97. The zero-order valence-electron chi connectivity index (χ0n) is 7.48. The summed E-state index contributed by atoms with van der Waals surface area (Å²) in [5.41, 5.74) is 0. The van der Waals surface area contributed by atoms with Crippen molar-refractivity contribution < 1.29 is 0 Å². The van der Waals surface area contributed by atoms with E-state index in [2.05, 4.69) is 25.5 Å². The van der Waals surface area contributed by atoms with Crippen LogP contribution in [0.3, 0.4) is 0 Å². The number of hydrogen-bond acceptors (Lipinski definition) is 1. The molecule has 0 aromatic carbocycles. The third-order valence-corrected chi connectivity index (χ3v) is 2.36. The molecule has 0 aliphatic rings. The molecule has 10 heavy (non-hydrogen) atoms. The molecule has 0 bridgehead atoms. The van der Waals surface area contributed by atoms with Crippen LogP contribution in [0, 0.1) is 0 Å². The van der Waals surface area contributed by atoms with Crippen molar-refractivity contribution in [2.24, 2.45) is 0 Å². The Morgan fingerprint density at radius 1 is 1.30 bits per heavy atom. The lowest BCUT2D eigenvalue weighted by molar-refractivity contribution is 0.348. The molecule has 1 unspecified atom stereocenters. The van der Waals surface area contributed by atoms with Crippen LogP contribution in [0.5, 0.6) is 0 Å². The van der Waals surface area contributed by atoms with Gasteiger partial charge in [-0.2, -0.15) is 0 Å². The van der Waals surface area contributed by atoms with E-state index < -0.39 is 0 Å². The van der Waals surface area contributed by atoms with Crippen molar-refractivity contribution in [3.05, 3.63) is 0 Å². The van der Waals surface area contributed by atoms with Gasteiger partial charge in [-0.1, -0.05) is 13.3 Å². The van der Waals surface area contributed by atoms with Gasteiger partial charge in [-0.3, -0.25) is 0 Å². The van der Waals surface area contributed by atoms with E-state index in [0.717, 1.165) is 8.58 Å². The van der Waals surface area contributed by atoms with Gasteiger partial charge in [0.2, 0.25) is 0 Å². The molecule has 0 aliphatic heterocycles. The molecule has 1 atom stereocenters. The molecule has 62 valence electrons. The Hall–Kier alpha value is 0.390. The maximum Gasteiger partial charge on any atom is 0.00152 e. The molecule has 0 N–H and O–H groups in total. The van der Waals surface area contributed by atoms with Gasteiger partial charge in [-0.25, -0.2) is 0 Å². The highest BCUT2D eigenvalue weighted by Gasteiger charge is 1.94. The molecule has 0 spiro atoms. The second-order valence-electron chi connectivity index (χ2n) is 2.76. The highest BCUT2D eigenvalue weighted by molar-refractivity contribution is 7.37. The molecular weight excluding hydrogens is 141 g/mol. The molecule has 0 aromatic heterocycles. The number of unbranched alkanes of at least 4 members (excludes halogenated alkanes) is 1. The highest BCUT2D eigenvalue weighted by Crippen LogP contribution is 2.01. The van der Waals surface area contributed by atoms with Crippen LogP contribution < -0.4 is 0 Å². The van der Waals surface area contributed by atoms with Crippen LogP contribution in [-0.2, 0) is 0 Å². The Kier molecular flexibility index (Phi) is 7.79. The first-order chi connectivity index (χ1) is 4.81. The maximum absolute atomic E-state index is 2.43. The van der Waals surface area contributed by atoms with E-state index in [9.17, 15) is 0 Å². The zero-order valence-corrected chi connectivity index (χ0v) is 8.48.